The van der Waals surface area contributed by atoms with Crippen LogP contribution < -0.4 is 5.32 Å². The first-order valence-electron chi connectivity index (χ1n) is 6.23. The van der Waals surface area contributed by atoms with Crippen LogP contribution in [0.25, 0.3) is 0 Å². The summed E-state index contributed by atoms with van der Waals surface area (Å²) in [5.41, 5.74) is 1.19. The highest BCUT2D eigenvalue weighted by Gasteiger charge is 2.24. The average molecular weight is 278 g/mol. The van der Waals surface area contributed by atoms with Crippen LogP contribution in [0.1, 0.15) is 18.2 Å². The Morgan fingerprint density at radius 2 is 2.05 bits per heavy atom. The van der Waals surface area contributed by atoms with E-state index in [0.717, 1.165) is 5.56 Å². The van der Waals surface area contributed by atoms with Gasteiger partial charge in [-0.25, -0.2) is 9.07 Å². The fourth-order valence-corrected chi connectivity index (χ4v) is 1.98. The Labute approximate surface area is 115 Å². The number of benzene rings is 1. The van der Waals surface area contributed by atoms with Crippen molar-refractivity contribution in [1.29, 1.82) is 0 Å². The van der Waals surface area contributed by atoms with Gasteiger partial charge in [0.25, 0.3) is 0 Å². The standard InChI is InChI=1S/C13H15FN4O2/c1-3-17-13(12(18(19)20)9(2)16-17)15-8-10-4-6-11(14)7-5-10/h4-7,15H,3,8H2,1-2H3. The molecule has 0 fully saturated rings. The van der Waals surface area contributed by atoms with E-state index < -0.39 is 4.92 Å². The van der Waals surface area contributed by atoms with Gasteiger partial charge >= 0.3 is 5.69 Å². The van der Waals surface area contributed by atoms with Crippen LogP contribution in [0.3, 0.4) is 0 Å². The Morgan fingerprint density at radius 1 is 1.40 bits per heavy atom. The van der Waals surface area contributed by atoms with Crippen LogP contribution in [0.4, 0.5) is 15.9 Å². The van der Waals surface area contributed by atoms with E-state index in [9.17, 15) is 14.5 Å². The average Bonchev–Trinajstić information content (AvgIpc) is 2.74. The molecule has 0 bridgehead atoms. The zero-order chi connectivity index (χ0) is 14.7. The molecule has 2 rings (SSSR count). The molecule has 106 valence electrons. The Kier molecular flexibility index (Phi) is 3.97. The lowest BCUT2D eigenvalue weighted by molar-refractivity contribution is -0.384. The highest BCUT2D eigenvalue weighted by atomic mass is 19.1. The molecule has 0 aliphatic heterocycles. The molecule has 0 radical (unpaired) electrons. The zero-order valence-corrected chi connectivity index (χ0v) is 11.3. The predicted molar refractivity (Wildman–Crippen MR) is 73.0 cm³/mol. The van der Waals surface area contributed by atoms with Crippen LogP contribution >= 0.6 is 0 Å². The fraction of sp³-hybridized carbons (Fsp3) is 0.308. The number of nitrogens with zero attached hydrogens (tertiary/aromatic N) is 3. The smallest absolute Gasteiger partial charge is 0.333 e. The first-order valence-corrected chi connectivity index (χ1v) is 6.23. The summed E-state index contributed by atoms with van der Waals surface area (Å²) in [7, 11) is 0. The minimum atomic E-state index is -0.443. The lowest BCUT2D eigenvalue weighted by Crippen LogP contribution is -2.08. The van der Waals surface area contributed by atoms with E-state index >= 15 is 0 Å². The maximum atomic E-state index is 12.8. The summed E-state index contributed by atoms with van der Waals surface area (Å²) >= 11 is 0. The van der Waals surface area contributed by atoms with Crippen molar-refractivity contribution in [3.8, 4) is 0 Å². The van der Waals surface area contributed by atoms with Gasteiger partial charge in [-0.15, -0.1) is 0 Å². The minimum absolute atomic E-state index is 0.0195. The van der Waals surface area contributed by atoms with Crippen LogP contribution in [-0.2, 0) is 13.1 Å². The third-order valence-electron chi connectivity index (χ3n) is 2.95. The second kappa shape index (κ2) is 5.68. The second-order valence-corrected chi connectivity index (χ2v) is 4.34. The summed E-state index contributed by atoms with van der Waals surface area (Å²) in [5.74, 6) is 0.0634. The molecule has 0 amide bonds. The molecule has 20 heavy (non-hydrogen) atoms. The molecular weight excluding hydrogens is 263 g/mol. The number of halogens is 1. The Balaban J connectivity index is 2.24. The van der Waals surface area contributed by atoms with Gasteiger partial charge in [-0.3, -0.25) is 10.1 Å². The molecule has 1 heterocycles. The summed E-state index contributed by atoms with van der Waals surface area (Å²) in [5, 5.41) is 18.2. The van der Waals surface area contributed by atoms with Gasteiger partial charge in [0, 0.05) is 13.1 Å². The monoisotopic (exact) mass is 278 g/mol. The molecular formula is C13H15FN4O2. The highest BCUT2D eigenvalue weighted by molar-refractivity contribution is 5.59. The topological polar surface area (TPSA) is 73.0 Å². The van der Waals surface area contributed by atoms with Gasteiger partial charge in [0.1, 0.15) is 11.5 Å². The molecule has 0 aliphatic rings. The lowest BCUT2D eigenvalue weighted by atomic mass is 10.2. The molecule has 0 spiro atoms. The van der Waals surface area contributed by atoms with Crippen molar-refractivity contribution in [2.75, 3.05) is 5.32 Å². The largest absolute Gasteiger partial charge is 0.360 e. The van der Waals surface area contributed by atoms with Crippen molar-refractivity contribution in [2.45, 2.75) is 26.9 Å². The molecule has 0 saturated heterocycles. The van der Waals surface area contributed by atoms with Crippen molar-refractivity contribution < 1.29 is 9.31 Å². The number of aromatic nitrogens is 2. The van der Waals surface area contributed by atoms with Crippen molar-refractivity contribution in [3.05, 3.63) is 51.5 Å². The van der Waals surface area contributed by atoms with Gasteiger partial charge in [0.15, 0.2) is 0 Å². The molecule has 1 aromatic carbocycles. The molecule has 1 aromatic heterocycles. The number of aryl methyl sites for hydroxylation is 2. The number of rotatable bonds is 5. The third-order valence-corrected chi connectivity index (χ3v) is 2.95. The van der Waals surface area contributed by atoms with Crippen LogP contribution in [0.15, 0.2) is 24.3 Å². The van der Waals surface area contributed by atoms with Crippen molar-refractivity contribution in [2.24, 2.45) is 0 Å². The first-order chi connectivity index (χ1) is 9.52. The first kappa shape index (κ1) is 14.0. The Bertz CT molecular complexity index is 622. The number of hydrogen-bond acceptors (Lipinski definition) is 4. The molecule has 2 aromatic rings. The molecule has 0 atom stereocenters. The van der Waals surface area contributed by atoms with E-state index in [1.807, 2.05) is 6.92 Å². The van der Waals surface area contributed by atoms with Gasteiger partial charge in [-0.2, -0.15) is 5.10 Å². The van der Waals surface area contributed by atoms with E-state index in [1.54, 1.807) is 23.7 Å². The van der Waals surface area contributed by atoms with Crippen molar-refractivity contribution >= 4 is 11.5 Å². The summed E-state index contributed by atoms with van der Waals surface area (Å²) in [4.78, 5) is 10.6. The van der Waals surface area contributed by atoms with E-state index in [1.165, 1.54) is 12.1 Å². The molecule has 0 unspecified atom stereocenters. The van der Waals surface area contributed by atoms with Gasteiger partial charge in [-0.05, 0) is 31.5 Å². The second-order valence-electron chi connectivity index (χ2n) is 4.34. The Morgan fingerprint density at radius 3 is 2.60 bits per heavy atom. The van der Waals surface area contributed by atoms with Crippen LogP contribution in [0.5, 0.6) is 0 Å². The summed E-state index contributed by atoms with van der Waals surface area (Å²) in [6.07, 6.45) is 0. The quantitative estimate of drug-likeness (QED) is 0.674. The number of nitrogens with one attached hydrogen (secondary N) is 1. The van der Waals surface area contributed by atoms with Crippen molar-refractivity contribution in [3.63, 3.8) is 0 Å². The number of nitro groups is 1. The van der Waals surface area contributed by atoms with E-state index in [2.05, 4.69) is 10.4 Å². The van der Waals surface area contributed by atoms with E-state index in [0.29, 0.717) is 24.6 Å². The normalized spacial score (nSPS) is 10.6. The van der Waals surface area contributed by atoms with Gasteiger partial charge in [0.2, 0.25) is 5.82 Å². The number of anilines is 1. The van der Waals surface area contributed by atoms with Gasteiger partial charge in [-0.1, -0.05) is 12.1 Å². The molecule has 0 saturated carbocycles. The summed E-state index contributed by atoms with van der Waals surface area (Å²) in [6.45, 7) is 4.36. The maximum absolute atomic E-state index is 12.8. The molecule has 1 N–H and O–H groups in total. The Hall–Kier alpha value is -2.44. The van der Waals surface area contributed by atoms with E-state index in [-0.39, 0.29) is 11.5 Å². The SMILES string of the molecule is CCn1nc(C)c([N+](=O)[O-])c1NCc1ccc(F)cc1. The fourth-order valence-electron chi connectivity index (χ4n) is 1.98. The molecule has 0 aliphatic carbocycles. The van der Waals surface area contributed by atoms with Gasteiger partial charge in [0.05, 0.1) is 4.92 Å². The summed E-state index contributed by atoms with van der Waals surface area (Å²) in [6, 6.07) is 5.98. The third kappa shape index (κ3) is 2.76. The predicted octanol–water partition coefficient (Wildman–Crippen LogP) is 2.87. The number of hydrogen-bond donors (Lipinski definition) is 1. The minimum Gasteiger partial charge on any atom is -0.360 e. The highest BCUT2D eigenvalue weighted by Crippen LogP contribution is 2.28. The van der Waals surface area contributed by atoms with E-state index in [4.69, 9.17) is 0 Å². The maximum Gasteiger partial charge on any atom is 0.333 e. The zero-order valence-electron chi connectivity index (χ0n) is 11.3. The van der Waals surface area contributed by atoms with Crippen LogP contribution in [-0.4, -0.2) is 14.7 Å². The lowest BCUT2D eigenvalue weighted by Gasteiger charge is -2.07. The van der Waals surface area contributed by atoms with Crippen LogP contribution in [0.2, 0.25) is 0 Å². The molecule has 7 heteroatoms. The van der Waals surface area contributed by atoms with Crippen LogP contribution in [0, 0.1) is 22.9 Å². The summed E-state index contributed by atoms with van der Waals surface area (Å²) < 4.78 is 14.4. The molecule has 6 nitrogen and oxygen atoms in total. The van der Waals surface area contributed by atoms with Crippen molar-refractivity contribution in [1.82, 2.24) is 9.78 Å². The van der Waals surface area contributed by atoms with Gasteiger partial charge < -0.3 is 5.32 Å².